The lowest BCUT2D eigenvalue weighted by atomic mass is 9.88. The zero-order valence-electron chi connectivity index (χ0n) is 18.3. The Balaban J connectivity index is 3.25. The standard InChI is InChI=1S/C21H34O9/c1-5-9-15(22)28-14-12-27-18(13(8-4)21(25)26)20(30-17(24)11-7-3)19(14)29-16(23)10-6-2/h13-14,18-20H,5-12H2,1-4H3,(H,25,26)/t13-,14-,18?,19?,20?/m1/s1. The molecule has 0 spiro atoms. The Morgan fingerprint density at radius 2 is 1.30 bits per heavy atom. The Morgan fingerprint density at radius 1 is 0.833 bits per heavy atom. The molecule has 1 fully saturated rings. The predicted octanol–water partition coefficient (Wildman–Crippen LogP) is 2.63. The molecule has 0 radical (unpaired) electrons. The van der Waals surface area contributed by atoms with E-state index < -0.39 is 54.2 Å². The summed E-state index contributed by atoms with van der Waals surface area (Å²) in [6.07, 6.45) is -2.09. The lowest BCUT2D eigenvalue weighted by Gasteiger charge is -2.42. The number of carbonyl (C=O) groups is 4. The Morgan fingerprint density at radius 3 is 1.73 bits per heavy atom. The summed E-state index contributed by atoms with van der Waals surface area (Å²) >= 11 is 0. The van der Waals surface area contributed by atoms with Gasteiger partial charge in [0.1, 0.15) is 6.10 Å². The minimum Gasteiger partial charge on any atom is -0.481 e. The van der Waals surface area contributed by atoms with Gasteiger partial charge in [0.25, 0.3) is 0 Å². The van der Waals surface area contributed by atoms with E-state index >= 15 is 0 Å². The van der Waals surface area contributed by atoms with Gasteiger partial charge in [-0.05, 0) is 25.7 Å². The molecule has 1 heterocycles. The van der Waals surface area contributed by atoms with Crippen LogP contribution in [0.25, 0.3) is 0 Å². The fourth-order valence-electron chi connectivity index (χ4n) is 3.33. The molecule has 5 atom stereocenters. The predicted molar refractivity (Wildman–Crippen MR) is 106 cm³/mol. The Kier molecular flexibility index (Phi) is 11.4. The van der Waals surface area contributed by atoms with Crippen LogP contribution in [0.4, 0.5) is 0 Å². The first-order valence-electron chi connectivity index (χ1n) is 10.7. The van der Waals surface area contributed by atoms with Gasteiger partial charge in [-0.2, -0.15) is 0 Å². The SMILES string of the molecule is CCCC(=O)OC1C(OC(=O)CCC)[C@H](OC(=O)CCC)COC1[C@@H](CC)C(=O)O. The highest BCUT2D eigenvalue weighted by atomic mass is 16.6. The summed E-state index contributed by atoms with van der Waals surface area (Å²) in [5.74, 6) is -3.69. The topological polar surface area (TPSA) is 125 Å². The quantitative estimate of drug-likeness (QED) is 0.367. The summed E-state index contributed by atoms with van der Waals surface area (Å²) < 4.78 is 22.3. The Hall–Kier alpha value is -2.16. The smallest absolute Gasteiger partial charge is 0.309 e. The van der Waals surface area contributed by atoms with Gasteiger partial charge in [-0.25, -0.2) is 0 Å². The van der Waals surface area contributed by atoms with Gasteiger partial charge in [-0.3, -0.25) is 19.2 Å². The maximum Gasteiger partial charge on any atom is 0.309 e. The van der Waals surface area contributed by atoms with Crippen LogP contribution in [0.15, 0.2) is 0 Å². The van der Waals surface area contributed by atoms with Gasteiger partial charge in [0, 0.05) is 19.3 Å². The van der Waals surface area contributed by atoms with Crippen molar-refractivity contribution in [1.29, 1.82) is 0 Å². The highest BCUT2D eigenvalue weighted by molar-refractivity contribution is 5.73. The molecular weight excluding hydrogens is 396 g/mol. The number of aliphatic carboxylic acids is 1. The normalized spacial score (nSPS) is 24.5. The number of ether oxygens (including phenoxy) is 4. The van der Waals surface area contributed by atoms with E-state index in [1.54, 1.807) is 13.8 Å². The summed E-state index contributed by atoms with van der Waals surface area (Å²) in [7, 11) is 0. The molecular formula is C21H34O9. The fraction of sp³-hybridized carbons (Fsp3) is 0.810. The molecule has 9 heteroatoms. The van der Waals surface area contributed by atoms with Gasteiger partial charge < -0.3 is 24.1 Å². The van der Waals surface area contributed by atoms with Gasteiger partial charge in [-0.15, -0.1) is 0 Å². The average molecular weight is 430 g/mol. The maximum absolute atomic E-state index is 12.3. The fourth-order valence-corrected chi connectivity index (χ4v) is 3.33. The summed E-state index contributed by atoms with van der Waals surface area (Å²) in [6.45, 7) is 6.95. The van der Waals surface area contributed by atoms with E-state index in [0.717, 1.165) is 0 Å². The first-order chi connectivity index (χ1) is 14.3. The van der Waals surface area contributed by atoms with Crippen molar-refractivity contribution in [1.82, 2.24) is 0 Å². The van der Waals surface area contributed by atoms with Crippen molar-refractivity contribution in [3.8, 4) is 0 Å². The van der Waals surface area contributed by atoms with Crippen molar-refractivity contribution in [2.24, 2.45) is 5.92 Å². The van der Waals surface area contributed by atoms with Crippen molar-refractivity contribution < 1.29 is 43.2 Å². The molecule has 1 saturated heterocycles. The van der Waals surface area contributed by atoms with Crippen LogP contribution in [-0.2, 0) is 38.1 Å². The highest BCUT2D eigenvalue weighted by Crippen LogP contribution is 2.31. The summed E-state index contributed by atoms with van der Waals surface area (Å²) in [6, 6.07) is 0. The van der Waals surface area contributed by atoms with Gasteiger partial charge in [0.05, 0.1) is 12.5 Å². The van der Waals surface area contributed by atoms with Crippen LogP contribution in [0.2, 0.25) is 0 Å². The third-order valence-electron chi connectivity index (χ3n) is 4.80. The van der Waals surface area contributed by atoms with E-state index in [2.05, 4.69) is 0 Å². The van der Waals surface area contributed by atoms with E-state index in [1.165, 1.54) is 0 Å². The van der Waals surface area contributed by atoms with Gasteiger partial charge >= 0.3 is 23.9 Å². The molecule has 1 rings (SSSR count). The Labute approximate surface area is 177 Å². The zero-order chi connectivity index (χ0) is 22.7. The molecule has 1 aliphatic heterocycles. The average Bonchev–Trinajstić information content (AvgIpc) is 2.66. The van der Waals surface area contributed by atoms with Crippen LogP contribution in [0.1, 0.15) is 72.6 Å². The molecule has 172 valence electrons. The maximum atomic E-state index is 12.3. The Bertz CT molecular complexity index is 589. The van der Waals surface area contributed by atoms with Crippen molar-refractivity contribution in [3.63, 3.8) is 0 Å². The summed E-state index contributed by atoms with van der Waals surface area (Å²) in [5.41, 5.74) is 0. The van der Waals surface area contributed by atoms with Crippen LogP contribution in [0, 0.1) is 5.92 Å². The zero-order valence-corrected chi connectivity index (χ0v) is 18.3. The second-order valence-corrected chi connectivity index (χ2v) is 7.34. The molecule has 9 nitrogen and oxygen atoms in total. The van der Waals surface area contributed by atoms with Crippen LogP contribution in [0.5, 0.6) is 0 Å². The summed E-state index contributed by atoms with van der Waals surface area (Å²) in [4.78, 5) is 48.3. The van der Waals surface area contributed by atoms with Crippen LogP contribution in [-0.4, -0.2) is 60.0 Å². The minimum atomic E-state index is -1.20. The lowest BCUT2D eigenvalue weighted by Crippen LogP contribution is -2.60. The number of carboxylic acids is 1. The molecule has 1 aliphatic rings. The molecule has 1 N–H and O–H groups in total. The van der Waals surface area contributed by atoms with E-state index in [9.17, 15) is 24.3 Å². The molecule has 3 unspecified atom stereocenters. The largest absolute Gasteiger partial charge is 0.481 e. The molecule has 0 bridgehead atoms. The number of carboxylic acid groups (broad SMARTS) is 1. The molecule has 0 aromatic rings. The number of hydrogen-bond donors (Lipinski definition) is 1. The van der Waals surface area contributed by atoms with E-state index in [-0.39, 0.29) is 32.3 Å². The highest BCUT2D eigenvalue weighted by Gasteiger charge is 2.51. The van der Waals surface area contributed by atoms with E-state index in [1.807, 2.05) is 13.8 Å². The summed E-state index contributed by atoms with van der Waals surface area (Å²) in [5, 5.41) is 9.60. The molecule has 0 aromatic heterocycles. The monoisotopic (exact) mass is 430 g/mol. The second-order valence-electron chi connectivity index (χ2n) is 7.34. The molecule has 0 aliphatic carbocycles. The van der Waals surface area contributed by atoms with Gasteiger partial charge in [-0.1, -0.05) is 27.7 Å². The minimum absolute atomic E-state index is 0.114. The van der Waals surface area contributed by atoms with Crippen LogP contribution in [0.3, 0.4) is 0 Å². The first-order valence-corrected chi connectivity index (χ1v) is 10.7. The molecule has 0 aromatic carbocycles. The number of hydrogen-bond acceptors (Lipinski definition) is 8. The third-order valence-corrected chi connectivity index (χ3v) is 4.80. The van der Waals surface area contributed by atoms with Gasteiger partial charge in [0.2, 0.25) is 0 Å². The lowest BCUT2D eigenvalue weighted by molar-refractivity contribution is -0.236. The van der Waals surface area contributed by atoms with Crippen LogP contribution < -0.4 is 0 Å². The molecule has 30 heavy (non-hydrogen) atoms. The van der Waals surface area contributed by atoms with E-state index in [4.69, 9.17) is 18.9 Å². The van der Waals surface area contributed by atoms with Crippen molar-refractivity contribution >= 4 is 23.9 Å². The number of esters is 3. The van der Waals surface area contributed by atoms with Crippen molar-refractivity contribution in [2.75, 3.05) is 6.61 Å². The number of rotatable bonds is 12. The second kappa shape index (κ2) is 13.2. The van der Waals surface area contributed by atoms with Crippen LogP contribution >= 0.6 is 0 Å². The third kappa shape index (κ3) is 7.59. The number of carbonyl (C=O) groups excluding carboxylic acids is 3. The molecule has 0 saturated carbocycles. The van der Waals surface area contributed by atoms with E-state index in [0.29, 0.717) is 19.3 Å². The van der Waals surface area contributed by atoms with Crippen molar-refractivity contribution in [2.45, 2.75) is 97.1 Å². The molecule has 0 amide bonds. The van der Waals surface area contributed by atoms with Gasteiger partial charge in [0.15, 0.2) is 18.3 Å². The van der Waals surface area contributed by atoms with Crippen molar-refractivity contribution in [3.05, 3.63) is 0 Å². The first kappa shape index (κ1) is 25.9.